The summed E-state index contributed by atoms with van der Waals surface area (Å²) in [6.45, 7) is 2.23. The molecule has 1 aliphatic rings. The Hall–Kier alpha value is -0.290. The topological polar surface area (TPSA) is 145 Å². The van der Waals surface area contributed by atoms with Gasteiger partial charge >= 0.3 is 0 Å². The van der Waals surface area contributed by atoms with Crippen molar-refractivity contribution < 1.29 is 38.1 Å². The Morgan fingerprint density at radius 2 is 0.871 bits per heavy atom. The van der Waals surface area contributed by atoms with Crippen molar-refractivity contribution >= 4 is 10.1 Å². The minimum absolute atomic E-state index is 0.268. The summed E-state index contributed by atoms with van der Waals surface area (Å²) in [5.74, 6) is -0.268. The molecule has 1 saturated carbocycles. The molecule has 186 valence electrons. The molecular formula is C22H44O8S. The standard InChI is InChI=1S/C22H44O8S/c1-2-3-4-5-6-7-8-9-10-11-12-13-14-15-16-31(28,29)30-22-20(26)18(24)17(23)19(25)21(22)27/h17-27H,2-16H2,1H3/t17?,18-,19+,20-,21-,22?/m1/s1. The lowest BCUT2D eigenvalue weighted by molar-refractivity contribution is -0.216. The predicted octanol–water partition coefficient (Wildman–Crippen LogP) is 2.00. The molecule has 1 rings (SSSR count). The Bertz CT molecular complexity index is 540. The van der Waals surface area contributed by atoms with Crippen LogP contribution in [0.15, 0.2) is 0 Å². The molecule has 0 amide bonds. The zero-order chi connectivity index (χ0) is 23.3. The Balaban J connectivity index is 2.10. The molecule has 0 aromatic rings. The molecule has 1 fully saturated rings. The normalized spacial score (nSPS) is 29.4. The van der Waals surface area contributed by atoms with E-state index in [0.717, 1.165) is 25.7 Å². The fourth-order valence-electron chi connectivity index (χ4n) is 4.00. The summed E-state index contributed by atoms with van der Waals surface area (Å²) in [5, 5.41) is 48.6. The fraction of sp³-hybridized carbons (Fsp3) is 1.00. The molecule has 0 saturated heterocycles. The maximum Gasteiger partial charge on any atom is 0.267 e. The van der Waals surface area contributed by atoms with E-state index in [2.05, 4.69) is 6.92 Å². The monoisotopic (exact) mass is 468 g/mol. The lowest BCUT2D eigenvalue weighted by Gasteiger charge is -2.40. The average Bonchev–Trinajstić information content (AvgIpc) is 2.74. The first-order chi connectivity index (χ1) is 14.7. The van der Waals surface area contributed by atoms with E-state index < -0.39 is 46.7 Å². The fourth-order valence-corrected chi connectivity index (χ4v) is 5.22. The molecule has 0 aromatic heterocycles. The van der Waals surface area contributed by atoms with Crippen molar-refractivity contribution in [1.29, 1.82) is 0 Å². The van der Waals surface area contributed by atoms with Gasteiger partial charge in [0.15, 0.2) is 0 Å². The Labute approximate surface area is 187 Å². The number of unbranched alkanes of at least 4 members (excludes halogenated alkanes) is 13. The van der Waals surface area contributed by atoms with E-state index >= 15 is 0 Å². The van der Waals surface area contributed by atoms with Crippen molar-refractivity contribution in [3.8, 4) is 0 Å². The van der Waals surface area contributed by atoms with Gasteiger partial charge in [0.1, 0.15) is 36.6 Å². The van der Waals surface area contributed by atoms with Crippen LogP contribution in [0, 0.1) is 0 Å². The van der Waals surface area contributed by atoms with Gasteiger partial charge in [-0.05, 0) is 6.42 Å². The largest absolute Gasteiger partial charge is 0.387 e. The Kier molecular flexibility index (Phi) is 14.4. The van der Waals surface area contributed by atoms with Gasteiger partial charge in [-0.25, -0.2) is 0 Å². The zero-order valence-electron chi connectivity index (χ0n) is 18.9. The third kappa shape index (κ3) is 10.9. The lowest BCUT2D eigenvalue weighted by Crippen LogP contribution is -2.64. The number of rotatable bonds is 17. The summed E-state index contributed by atoms with van der Waals surface area (Å²) in [6, 6.07) is 0. The van der Waals surface area contributed by atoms with E-state index in [1.165, 1.54) is 57.8 Å². The van der Waals surface area contributed by atoms with Gasteiger partial charge < -0.3 is 25.5 Å². The molecule has 0 aliphatic heterocycles. The molecule has 0 aromatic carbocycles. The van der Waals surface area contributed by atoms with Crippen LogP contribution in [0.3, 0.4) is 0 Å². The summed E-state index contributed by atoms with van der Waals surface area (Å²) in [5.41, 5.74) is 0. The summed E-state index contributed by atoms with van der Waals surface area (Å²) >= 11 is 0. The van der Waals surface area contributed by atoms with Crippen LogP contribution < -0.4 is 0 Å². The van der Waals surface area contributed by atoms with Gasteiger partial charge in [0, 0.05) is 0 Å². The van der Waals surface area contributed by atoms with Crippen LogP contribution in [-0.2, 0) is 14.3 Å². The molecular weight excluding hydrogens is 424 g/mol. The molecule has 9 heteroatoms. The second-order valence-corrected chi connectivity index (χ2v) is 10.6. The maximum absolute atomic E-state index is 12.1. The summed E-state index contributed by atoms with van der Waals surface area (Å²) < 4.78 is 29.1. The van der Waals surface area contributed by atoms with Crippen molar-refractivity contribution in [1.82, 2.24) is 0 Å². The van der Waals surface area contributed by atoms with Crippen molar-refractivity contribution in [3.63, 3.8) is 0 Å². The predicted molar refractivity (Wildman–Crippen MR) is 119 cm³/mol. The molecule has 5 N–H and O–H groups in total. The van der Waals surface area contributed by atoms with Crippen LogP contribution in [0.2, 0.25) is 0 Å². The molecule has 0 radical (unpaired) electrons. The SMILES string of the molecule is CCCCCCCCCCCCCCCCS(=O)(=O)OC1[C@H](O)[C@H](O)C(O)[C@H](O)[C@H]1O. The smallest absolute Gasteiger partial charge is 0.267 e. The van der Waals surface area contributed by atoms with Gasteiger partial charge in [0.2, 0.25) is 0 Å². The first-order valence-electron chi connectivity index (χ1n) is 12.0. The molecule has 6 atom stereocenters. The maximum atomic E-state index is 12.1. The molecule has 0 spiro atoms. The molecule has 2 unspecified atom stereocenters. The third-order valence-electron chi connectivity index (χ3n) is 6.08. The van der Waals surface area contributed by atoms with Crippen LogP contribution in [0.25, 0.3) is 0 Å². The van der Waals surface area contributed by atoms with Crippen LogP contribution in [0.1, 0.15) is 96.8 Å². The van der Waals surface area contributed by atoms with Gasteiger partial charge in [0.25, 0.3) is 10.1 Å². The van der Waals surface area contributed by atoms with Gasteiger partial charge in [-0.2, -0.15) is 8.42 Å². The second kappa shape index (κ2) is 15.5. The number of hydrogen-bond acceptors (Lipinski definition) is 8. The van der Waals surface area contributed by atoms with E-state index in [9.17, 15) is 34.0 Å². The van der Waals surface area contributed by atoms with E-state index in [0.29, 0.717) is 6.42 Å². The highest BCUT2D eigenvalue weighted by Crippen LogP contribution is 2.25. The van der Waals surface area contributed by atoms with Crippen LogP contribution in [-0.4, -0.2) is 76.3 Å². The van der Waals surface area contributed by atoms with Crippen LogP contribution in [0.5, 0.6) is 0 Å². The molecule has 1 aliphatic carbocycles. The van der Waals surface area contributed by atoms with Gasteiger partial charge in [-0.3, -0.25) is 4.18 Å². The van der Waals surface area contributed by atoms with Crippen molar-refractivity contribution in [3.05, 3.63) is 0 Å². The first-order valence-corrected chi connectivity index (χ1v) is 13.6. The van der Waals surface area contributed by atoms with E-state index in [4.69, 9.17) is 4.18 Å². The minimum atomic E-state index is -4.05. The highest BCUT2D eigenvalue weighted by atomic mass is 32.2. The van der Waals surface area contributed by atoms with Crippen LogP contribution >= 0.6 is 0 Å². The van der Waals surface area contributed by atoms with Gasteiger partial charge in [0.05, 0.1) is 5.75 Å². The van der Waals surface area contributed by atoms with Gasteiger partial charge in [-0.1, -0.05) is 90.4 Å². The van der Waals surface area contributed by atoms with Crippen LogP contribution in [0.4, 0.5) is 0 Å². The lowest BCUT2D eigenvalue weighted by atomic mass is 9.85. The Morgan fingerprint density at radius 1 is 0.548 bits per heavy atom. The first kappa shape index (κ1) is 28.7. The summed E-state index contributed by atoms with van der Waals surface area (Å²) in [6.07, 6.45) is 5.28. The molecule has 31 heavy (non-hydrogen) atoms. The minimum Gasteiger partial charge on any atom is -0.387 e. The second-order valence-electron chi connectivity index (χ2n) is 8.87. The van der Waals surface area contributed by atoms with E-state index in [-0.39, 0.29) is 5.75 Å². The number of aliphatic hydroxyl groups is 5. The molecule has 8 nitrogen and oxygen atoms in total. The van der Waals surface area contributed by atoms with Crippen molar-refractivity contribution in [2.45, 2.75) is 133 Å². The highest BCUT2D eigenvalue weighted by Gasteiger charge is 2.50. The van der Waals surface area contributed by atoms with Gasteiger partial charge in [-0.15, -0.1) is 0 Å². The summed E-state index contributed by atoms with van der Waals surface area (Å²) in [4.78, 5) is 0. The van der Waals surface area contributed by atoms with E-state index in [1.54, 1.807) is 0 Å². The summed E-state index contributed by atoms with van der Waals surface area (Å²) in [7, 11) is -4.05. The number of aliphatic hydroxyl groups excluding tert-OH is 5. The average molecular weight is 469 g/mol. The molecule has 0 bridgehead atoms. The molecule has 0 heterocycles. The zero-order valence-corrected chi connectivity index (χ0v) is 19.8. The quantitative estimate of drug-likeness (QED) is 0.161. The highest BCUT2D eigenvalue weighted by molar-refractivity contribution is 7.86. The van der Waals surface area contributed by atoms with Crippen molar-refractivity contribution in [2.75, 3.05) is 5.75 Å². The Morgan fingerprint density at radius 3 is 1.26 bits per heavy atom. The van der Waals surface area contributed by atoms with Crippen molar-refractivity contribution in [2.24, 2.45) is 0 Å². The third-order valence-corrected chi connectivity index (χ3v) is 7.38. The van der Waals surface area contributed by atoms with E-state index in [1.807, 2.05) is 0 Å². The number of hydrogen-bond donors (Lipinski definition) is 5.